The molecule has 62 heavy (non-hydrogen) atoms. The van der Waals surface area contributed by atoms with Gasteiger partial charge in [-0.2, -0.15) is 10.1 Å². The summed E-state index contributed by atoms with van der Waals surface area (Å²) in [5.41, 5.74) is 5.57. The molecule has 3 fully saturated rings. The fourth-order valence-corrected chi connectivity index (χ4v) is 9.88. The summed E-state index contributed by atoms with van der Waals surface area (Å²) in [4.78, 5) is 68.0. The topological polar surface area (TPSA) is 187 Å². The van der Waals surface area contributed by atoms with Crippen LogP contribution in [0.2, 0.25) is 5.02 Å². The first kappa shape index (κ1) is 41.1. The average molecular weight is 878 g/mol. The smallest absolute Gasteiger partial charge is 0.262 e. The number of benzene rings is 3. The Kier molecular flexibility index (Phi) is 10.7. The molecule has 6 heterocycles. The van der Waals surface area contributed by atoms with Gasteiger partial charge in [-0.15, -0.1) is 0 Å². The van der Waals surface area contributed by atoms with Crippen molar-refractivity contribution >= 4 is 82.2 Å². The van der Waals surface area contributed by atoms with Crippen molar-refractivity contribution in [2.45, 2.75) is 24.9 Å². The Morgan fingerprint density at radius 1 is 0.871 bits per heavy atom. The van der Waals surface area contributed by atoms with E-state index < -0.39 is 36.8 Å². The van der Waals surface area contributed by atoms with Crippen LogP contribution in [0.4, 0.5) is 34.5 Å². The van der Waals surface area contributed by atoms with Crippen LogP contribution in [-0.4, -0.2) is 125 Å². The minimum Gasteiger partial charge on any atom is -0.494 e. The number of nitrogens with zero attached hydrogens (tertiary/aromatic N) is 8. The third-order valence-electron chi connectivity index (χ3n) is 11.9. The molecule has 9 rings (SSSR count). The van der Waals surface area contributed by atoms with Crippen LogP contribution >= 0.6 is 18.7 Å². The highest BCUT2D eigenvalue weighted by Gasteiger charge is 2.45. The lowest BCUT2D eigenvalue weighted by molar-refractivity contribution is -0.136. The van der Waals surface area contributed by atoms with E-state index >= 15 is 0 Å². The number of rotatable bonds is 11. The van der Waals surface area contributed by atoms with Crippen LogP contribution in [0.3, 0.4) is 0 Å². The van der Waals surface area contributed by atoms with Gasteiger partial charge in [0.1, 0.15) is 24.0 Å². The first-order valence-electron chi connectivity index (χ1n) is 20.3. The molecule has 1 unspecified atom stereocenters. The number of anilines is 6. The number of piperidine rings is 1. The first-order valence-corrected chi connectivity index (χ1v) is 23.3. The zero-order chi connectivity index (χ0) is 43.4. The number of methoxy groups -OCH3 is 1. The molecule has 0 bridgehead atoms. The maximum atomic E-state index is 13.4. The molecule has 3 saturated heterocycles. The standard InChI is InChI=1S/C43H45ClN11O6P/c1-51-22-25(20-46-51)29-18-33(48-43-45-21-31(44)39(50-43)47-32-7-5-6-8-37(32)62(3,4)60)36(61-2)19-35(29)53-15-13-52(14-16-53)27-23-54(24-27)26-9-10-28-30(17-26)42(59)55(41(28)58)34-11-12-38(56)49-40(34)57/h5-10,17-22,27,34H,11-16,23-24H2,1-4H3,(H,49,56,57)(H2,45,47,48,50). The number of hydrogen-bond donors (Lipinski definition) is 3. The molecule has 320 valence electrons. The van der Waals surface area contributed by atoms with E-state index in [1.807, 2.05) is 61.9 Å². The monoisotopic (exact) mass is 877 g/mol. The molecule has 0 saturated carbocycles. The molecular weight excluding hydrogens is 833 g/mol. The Morgan fingerprint density at radius 2 is 1.63 bits per heavy atom. The molecule has 19 heteroatoms. The van der Waals surface area contributed by atoms with Gasteiger partial charge in [0.05, 0.1) is 42.0 Å². The summed E-state index contributed by atoms with van der Waals surface area (Å²) in [6, 6.07) is 16.0. The summed E-state index contributed by atoms with van der Waals surface area (Å²) in [6.45, 7) is 8.16. The van der Waals surface area contributed by atoms with Crippen LogP contribution in [0.1, 0.15) is 33.6 Å². The van der Waals surface area contributed by atoms with Crippen LogP contribution in [0.15, 0.2) is 73.2 Å². The average Bonchev–Trinajstić information content (AvgIpc) is 3.77. The fraction of sp³-hybridized carbons (Fsp3) is 0.326. The fourth-order valence-electron chi connectivity index (χ4n) is 8.58. The summed E-state index contributed by atoms with van der Waals surface area (Å²) < 4.78 is 20.7. The molecule has 0 spiro atoms. The number of amides is 4. The Bertz CT molecular complexity index is 2690. The van der Waals surface area contributed by atoms with Gasteiger partial charge in [0.2, 0.25) is 17.8 Å². The maximum absolute atomic E-state index is 13.4. The van der Waals surface area contributed by atoms with Gasteiger partial charge in [-0.25, -0.2) is 4.98 Å². The molecule has 4 aliphatic rings. The van der Waals surface area contributed by atoms with Crippen molar-refractivity contribution in [3.05, 3.63) is 89.3 Å². The quantitative estimate of drug-likeness (QED) is 0.123. The van der Waals surface area contributed by atoms with E-state index in [1.54, 1.807) is 37.3 Å². The van der Waals surface area contributed by atoms with Crippen LogP contribution in [-0.2, 0) is 21.2 Å². The second kappa shape index (κ2) is 16.2. The number of hydrogen-bond acceptors (Lipinski definition) is 14. The summed E-state index contributed by atoms with van der Waals surface area (Å²) >= 11 is 6.56. The number of fused-ring (bicyclic) bond motifs is 1. The summed E-state index contributed by atoms with van der Waals surface area (Å²) in [5.74, 6) is -0.812. The van der Waals surface area contributed by atoms with Crippen molar-refractivity contribution in [2.75, 3.05) is 80.1 Å². The number of aromatic nitrogens is 4. The second-order valence-corrected chi connectivity index (χ2v) is 19.8. The lowest BCUT2D eigenvalue weighted by atomic mass is 10.0. The van der Waals surface area contributed by atoms with E-state index in [1.165, 1.54) is 6.20 Å². The molecule has 3 N–H and O–H groups in total. The first-order chi connectivity index (χ1) is 29.7. The minimum absolute atomic E-state index is 0.0747. The van der Waals surface area contributed by atoms with E-state index in [0.717, 1.165) is 66.7 Å². The molecule has 4 amide bonds. The molecular formula is C43H45ClN11O6P. The van der Waals surface area contributed by atoms with Gasteiger partial charge in [-0.05, 0) is 56.1 Å². The molecule has 17 nitrogen and oxygen atoms in total. The molecule has 0 radical (unpaired) electrons. The third-order valence-corrected chi connectivity index (χ3v) is 13.7. The van der Waals surface area contributed by atoms with E-state index in [0.29, 0.717) is 39.3 Å². The predicted octanol–water partition coefficient (Wildman–Crippen LogP) is 4.69. The van der Waals surface area contributed by atoms with Gasteiger partial charge in [-0.1, -0.05) is 23.7 Å². The maximum Gasteiger partial charge on any atom is 0.262 e. The summed E-state index contributed by atoms with van der Waals surface area (Å²) in [5, 5.41) is 14.3. The number of piperazine rings is 1. The van der Waals surface area contributed by atoms with Crippen LogP contribution in [0.5, 0.6) is 5.75 Å². The lowest BCUT2D eigenvalue weighted by Gasteiger charge is -2.49. The van der Waals surface area contributed by atoms with Gasteiger partial charge in [0.25, 0.3) is 11.8 Å². The molecule has 5 aromatic rings. The van der Waals surface area contributed by atoms with E-state index in [2.05, 4.69) is 40.7 Å². The number of imide groups is 2. The highest BCUT2D eigenvalue weighted by atomic mass is 35.5. The zero-order valence-electron chi connectivity index (χ0n) is 34.6. The van der Waals surface area contributed by atoms with E-state index in [4.69, 9.17) is 21.3 Å². The number of halogens is 1. The summed E-state index contributed by atoms with van der Waals surface area (Å²) in [7, 11) is 0.904. The second-order valence-electron chi connectivity index (χ2n) is 16.2. The van der Waals surface area contributed by atoms with Crippen molar-refractivity contribution < 1.29 is 28.5 Å². The van der Waals surface area contributed by atoms with Gasteiger partial charge in [-0.3, -0.25) is 39.0 Å². The van der Waals surface area contributed by atoms with Gasteiger partial charge < -0.3 is 29.7 Å². The zero-order valence-corrected chi connectivity index (χ0v) is 36.2. The van der Waals surface area contributed by atoms with Crippen molar-refractivity contribution in [3.8, 4) is 16.9 Å². The molecule has 1 atom stereocenters. The lowest BCUT2D eigenvalue weighted by Crippen LogP contribution is -2.63. The Morgan fingerprint density at radius 3 is 2.34 bits per heavy atom. The number of carbonyl (C=O) groups excluding carboxylic acids is 4. The Hall–Kier alpha value is -6.29. The van der Waals surface area contributed by atoms with Crippen molar-refractivity contribution in [1.82, 2.24) is 34.9 Å². The Balaban J connectivity index is 0.883. The minimum atomic E-state index is -2.60. The van der Waals surface area contributed by atoms with Crippen molar-refractivity contribution in [2.24, 2.45) is 7.05 Å². The van der Waals surface area contributed by atoms with E-state index in [9.17, 15) is 23.7 Å². The third kappa shape index (κ3) is 7.76. The van der Waals surface area contributed by atoms with Gasteiger partial charge in [0, 0.05) is 98.8 Å². The highest BCUT2D eigenvalue weighted by molar-refractivity contribution is 7.70. The van der Waals surface area contributed by atoms with Crippen molar-refractivity contribution in [3.63, 3.8) is 0 Å². The number of ether oxygens (including phenoxy) is 1. The van der Waals surface area contributed by atoms with Crippen molar-refractivity contribution in [1.29, 1.82) is 0 Å². The van der Waals surface area contributed by atoms with Gasteiger partial charge >= 0.3 is 0 Å². The number of aryl methyl sites for hydroxylation is 1. The number of carbonyl (C=O) groups is 4. The van der Waals surface area contributed by atoms with Crippen LogP contribution in [0.25, 0.3) is 11.1 Å². The van der Waals surface area contributed by atoms with E-state index in [-0.39, 0.29) is 29.9 Å². The predicted molar refractivity (Wildman–Crippen MR) is 237 cm³/mol. The number of nitrogens with one attached hydrogen (secondary N) is 3. The molecule has 2 aromatic heterocycles. The molecule has 3 aromatic carbocycles. The SMILES string of the molecule is COc1cc(N2CCN(C3CN(c4ccc5c(c4)C(=O)N(C4CCC(=O)NC4=O)C5=O)C3)CC2)c(-c2cnn(C)c2)cc1Nc1ncc(Cl)c(Nc2ccccc2P(C)(C)=O)n1. The molecule has 0 aliphatic carbocycles. The summed E-state index contributed by atoms with van der Waals surface area (Å²) in [6.07, 6.45) is 5.51. The van der Waals surface area contributed by atoms with Crippen LogP contribution < -0.4 is 35.8 Å². The normalized spacial score (nSPS) is 18.5. The largest absolute Gasteiger partial charge is 0.494 e. The van der Waals surface area contributed by atoms with Crippen LogP contribution in [0, 0.1) is 0 Å². The number of para-hydroxylation sites is 1. The van der Waals surface area contributed by atoms with Gasteiger partial charge in [0.15, 0.2) is 5.82 Å². The molecule has 4 aliphatic heterocycles. The highest BCUT2D eigenvalue weighted by Crippen LogP contribution is 2.42. The Labute approximate surface area is 362 Å².